The van der Waals surface area contributed by atoms with Crippen LogP contribution in [0, 0.1) is 0 Å². The summed E-state index contributed by atoms with van der Waals surface area (Å²) in [6, 6.07) is 0. The van der Waals surface area contributed by atoms with Crippen molar-refractivity contribution in [2.24, 2.45) is 0 Å². The molecule has 0 N–H and O–H groups in total. The minimum atomic E-state index is 0.381. The SMILES string of the molecule is CCCCC/C=C/CC(CC)(CCCCCCCC)N(C)C. The monoisotopic (exact) mass is 309 g/mol. The Bertz CT molecular complexity index is 257. The third kappa shape index (κ3) is 9.66. The maximum atomic E-state index is 2.48. The fourth-order valence-corrected chi connectivity index (χ4v) is 3.31. The van der Waals surface area contributed by atoms with Gasteiger partial charge in [-0.15, -0.1) is 0 Å². The summed E-state index contributed by atoms with van der Waals surface area (Å²) in [5.74, 6) is 0. The minimum absolute atomic E-state index is 0.381. The predicted octanol–water partition coefficient (Wildman–Crippen LogP) is 6.97. The van der Waals surface area contributed by atoms with Crippen molar-refractivity contribution in [3.05, 3.63) is 12.2 Å². The quantitative estimate of drug-likeness (QED) is 0.233. The van der Waals surface area contributed by atoms with Crippen LogP contribution in [-0.2, 0) is 0 Å². The molecule has 0 heterocycles. The van der Waals surface area contributed by atoms with Gasteiger partial charge in [0.15, 0.2) is 0 Å². The molecule has 0 aliphatic carbocycles. The summed E-state index contributed by atoms with van der Waals surface area (Å²) in [4.78, 5) is 2.48. The topological polar surface area (TPSA) is 3.24 Å². The summed E-state index contributed by atoms with van der Waals surface area (Å²) in [6.07, 6.45) is 22.4. The highest BCUT2D eigenvalue weighted by molar-refractivity contribution is 4.96. The van der Waals surface area contributed by atoms with Crippen LogP contribution in [0.3, 0.4) is 0 Å². The van der Waals surface area contributed by atoms with Crippen molar-refractivity contribution in [2.75, 3.05) is 14.1 Å². The molecule has 1 nitrogen and oxygen atoms in total. The van der Waals surface area contributed by atoms with E-state index in [1.54, 1.807) is 0 Å². The molecule has 0 bridgehead atoms. The van der Waals surface area contributed by atoms with E-state index in [4.69, 9.17) is 0 Å². The van der Waals surface area contributed by atoms with Gasteiger partial charge in [0.25, 0.3) is 0 Å². The summed E-state index contributed by atoms with van der Waals surface area (Å²) in [7, 11) is 4.54. The van der Waals surface area contributed by atoms with Gasteiger partial charge in [-0.05, 0) is 46.2 Å². The Morgan fingerprint density at radius 3 is 1.91 bits per heavy atom. The van der Waals surface area contributed by atoms with E-state index in [1.165, 1.54) is 83.5 Å². The summed E-state index contributed by atoms with van der Waals surface area (Å²) >= 11 is 0. The molecule has 132 valence electrons. The molecule has 0 amide bonds. The molecule has 0 aromatic heterocycles. The van der Waals surface area contributed by atoms with Crippen LogP contribution < -0.4 is 0 Å². The second-order valence-electron chi connectivity index (χ2n) is 7.16. The van der Waals surface area contributed by atoms with E-state index >= 15 is 0 Å². The highest BCUT2D eigenvalue weighted by atomic mass is 15.1. The normalized spacial score (nSPS) is 14.8. The van der Waals surface area contributed by atoms with Gasteiger partial charge in [0.2, 0.25) is 0 Å². The van der Waals surface area contributed by atoms with Crippen LogP contribution in [-0.4, -0.2) is 24.5 Å². The number of hydrogen-bond acceptors (Lipinski definition) is 1. The molecule has 1 atom stereocenters. The zero-order valence-corrected chi connectivity index (χ0v) is 16.3. The van der Waals surface area contributed by atoms with Gasteiger partial charge in [0.1, 0.15) is 0 Å². The molecule has 1 heteroatoms. The van der Waals surface area contributed by atoms with Crippen molar-refractivity contribution in [2.45, 2.75) is 110 Å². The largest absolute Gasteiger partial charge is 0.303 e. The molecule has 0 rings (SSSR count). The molecule has 0 spiro atoms. The first-order chi connectivity index (χ1) is 10.6. The lowest BCUT2D eigenvalue weighted by Gasteiger charge is -2.39. The molecule has 0 aliphatic heterocycles. The standard InChI is InChI=1S/C21H43N/c1-6-9-11-13-15-17-19-21(8-3,22(4)5)20-18-16-14-12-10-7-2/h15,17H,6-14,16,18-20H2,1-5H3/b17-15+. The fraction of sp³-hybridized carbons (Fsp3) is 0.905. The molecule has 0 aliphatic rings. The van der Waals surface area contributed by atoms with Crippen LogP contribution in [0.15, 0.2) is 12.2 Å². The molecule has 0 saturated carbocycles. The van der Waals surface area contributed by atoms with Crippen molar-refractivity contribution in [3.63, 3.8) is 0 Å². The maximum absolute atomic E-state index is 2.48. The van der Waals surface area contributed by atoms with Crippen LogP contribution in [0.2, 0.25) is 0 Å². The average molecular weight is 310 g/mol. The summed E-state index contributed by atoms with van der Waals surface area (Å²) in [5.41, 5.74) is 0.381. The van der Waals surface area contributed by atoms with Gasteiger partial charge in [0.05, 0.1) is 0 Å². The van der Waals surface area contributed by atoms with Gasteiger partial charge < -0.3 is 4.90 Å². The Morgan fingerprint density at radius 2 is 1.32 bits per heavy atom. The smallest absolute Gasteiger partial charge is 0.0235 e. The molecule has 0 radical (unpaired) electrons. The maximum Gasteiger partial charge on any atom is 0.0235 e. The van der Waals surface area contributed by atoms with Gasteiger partial charge in [0, 0.05) is 5.54 Å². The summed E-state index contributed by atoms with van der Waals surface area (Å²) in [5, 5.41) is 0. The fourth-order valence-electron chi connectivity index (χ4n) is 3.31. The second-order valence-corrected chi connectivity index (χ2v) is 7.16. The Morgan fingerprint density at radius 1 is 0.727 bits per heavy atom. The van der Waals surface area contributed by atoms with E-state index in [2.05, 4.69) is 51.9 Å². The van der Waals surface area contributed by atoms with E-state index in [-0.39, 0.29) is 0 Å². The van der Waals surface area contributed by atoms with E-state index < -0.39 is 0 Å². The highest BCUT2D eigenvalue weighted by Gasteiger charge is 2.28. The van der Waals surface area contributed by atoms with Crippen molar-refractivity contribution in [1.82, 2.24) is 4.90 Å². The van der Waals surface area contributed by atoms with Gasteiger partial charge in [-0.2, -0.15) is 0 Å². The molecule has 0 saturated heterocycles. The van der Waals surface area contributed by atoms with Gasteiger partial charge in [-0.25, -0.2) is 0 Å². The molecule has 1 unspecified atom stereocenters. The number of rotatable bonds is 15. The lowest BCUT2D eigenvalue weighted by Crippen LogP contribution is -2.43. The van der Waals surface area contributed by atoms with Crippen LogP contribution in [0.25, 0.3) is 0 Å². The lowest BCUT2D eigenvalue weighted by atomic mass is 9.84. The zero-order chi connectivity index (χ0) is 16.7. The molecule has 22 heavy (non-hydrogen) atoms. The van der Waals surface area contributed by atoms with Crippen molar-refractivity contribution in [1.29, 1.82) is 0 Å². The first-order valence-corrected chi connectivity index (χ1v) is 9.95. The predicted molar refractivity (Wildman–Crippen MR) is 103 cm³/mol. The van der Waals surface area contributed by atoms with E-state index in [0.717, 1.165) is 0 Å². The average Bonchev–Trinajstić information content (AvgIpc) is 2.51. The molecular formula is C21H43N. The Labute approximate surface area is 141 Å². The highest BCUT2D eigenvalue weighted by Crippen LogP contribution is 2.29. The minimum Gasteiger partial charge on any atom is -0.303 e. The molecule has 0 fully saturated rings. The van der Waals surface area contributed by atoms with Gasteiger partial charge in [-0.3, -0.25) is 0 Å². The van der Waals surface area contributed by atoms with Crippen molar-refractivity contribution in [3.8, 4) is 0 Å². The van der Waals surface area contributed by atoms with Crippen molar-refractivity contribution < 1.29 is 0 Å². The van der Waals surface area contributed by atoms with Gasteiger partial charge >= 0.3 is 0 Å². The third-order valence-electron chi connectivity index (χ3n) is 5.24. The Balaban J connectivity index is 4.17. The van der Waals surface area contributed by atoms with Crippen LogP contribution >= 0.6 is 0 Å². The molecule has 0 aromatic rings. The van der Waals surface area contributed by atoms with Crippen molar-refractivity contribution >= 4 is 0 Å². The second kappa shape index (κ2) is 14.3. The number of allylic oxidation sites excluding steroid dienone is 1. The first kappa shape index (κ1) is 21.7. The Hall–Kier alpha value is -0.300. The number of unbranched alkanes of at least 4 members (excludes halogenated alkanes) is 8. The van der Waals surface area contributed by atoms with Crippen LogP contribution in [0.5, 0.6) is 0 Å². The van der Waals surface area contributed by atoms with Crippen LogP contribution in [0.1, 0.15) is 104 Å². The number of nitrogens with zero attached hydrogens (tertiary/aromatic N) is 1. The van der Waals surface area contributed by atoms with E-state index in [1.807, 2.05) is 0 Å². The van der Waals surface area contributed by atoms with Gasteiger partial charge in [-0.1, -0.05) is 84.3 Å². The van der Waals surface area contributed by atoms with E-state index in [0.29, 0.717) is 5.54 Å². The lowest BCUT2D eigenvalue weighted by molar-refractivity contribution is 0.131. The third-order valence-corrected chi connectivity index (χ3v) is 5.24. The number of hydrogen-bond donors (Lipinski definition) is 0. The summed E-state index contributed by atoms with van der Waals surface area (Å²) in [6.45, 7) is 6.93. The van der Waals surface area contributed by atoms with E-state index in [9.17, 15) is 0 Å². The first-order valence-electron chi connectivity index (χ1n) is 9.95. The van der Waals surface area contributed by atoms with Crippen LogP contribution in [0.4, 0.5) is 0 Å². The molecular weight excluding hydrogens is 266 g/mol. The summed E-state index contributed by atoms with van der Waals surface area (Å²) < 4.78 is 0. The Kier molecular flexibility index (Phi) is 14.1. The molecule has 0 aromatic carbocycles. The zero-order valence-electron chi connectivity index (χ0n) is 16.3.